The fourth-order valence-corrected chi connectivity index (χ4v) is 1.90. The summed E-state index contributed by atoms with van der Waals surface area (Å²) >= 11 is 0. The van der Waals surface area contributed by atoms with Gasteiger partial charge in [0.2, 0.25) is 0 Å². The molecule has 0 saturated carbocycles. The van der Waals surface area contributed by atoms with E-state index in [0.29, 0.717) is 5.56 Å². The van der Waals surface area contributed by atoms with Crippen molar-refractivity contribution in [3.8, 4) is 0 Å². The lowest BCUT2D eigenvalue weighted by Gasteiger charge is -2.16. The molecule has 92 valence electrons. The second-order valence-electron chi connectivity index (χ2n) is 4.16. The van der Waals surface area contributed by atoms with Crippen LogP contribution < -0.4 is 5.32 Å². The van der Waals surface area contributed by atoms with E-state index in [2.05, 4.69) is 5.32 Å². The van der Waals surface area contributed by atoms with Crippen LogP contribution in [0.3, 0.4) is 0 Å². The van der Waals surface area contributed by atoms with Gasteiger partial charge in [-0.05, 0) is 18.2 Å². The van der Waals surface area contributed by atoms with Crippen molar-refractivity contribution in [2.45, 2.75) is 12.3 Å². The Balaban J connectivity index is 2.15. The fraction of sp³-hybridized carbons (Fsp3) is 0.417. The van der Waals surface area contributed by atoms with Gasteiger partial charge in [-0.15, -0.1) is 0 Å². The average molecular weight is 240 g/mol. The number of likely N-dealkylation sites (tertiary alicyclic amines) is 1. The van der Waals surface area contributed by atoms with E-state index in [-0.39, 0.29) is 18.9 Å². The largest absolute Gasteiger partial charge is 0.388 e. The number of anilines is 1. The van der Waals surface area contributed by atoms with Gasteiger partial charge in [0, 0.05) is 31.3 Å². The van der Waals surface area contributed by atoms with Crippen LogP contribution >= 0.6 is 0 Å². The molecule has 1 amide bonds. The zero-order chi connectivity index (χ0) is 12.5. The third-order valence-electron chi connectivity index (χ3n) is 2.86. The molecule has 3 nitrogen and oxygen atoms in total. The van der Waals surface area contributed by atoms with Gasteiger partial charge < -0.3 is 10.2 Å². The van der Waals surface area contributed by atoms with Gasteiger partial charge in [-0.1, -0.05) is 6.07 Å². The highest BCUT2D eigenvalue weighted by molar-refractivity contribution is 5.95. The van der Waals surface area contributed by atoms with Crippen LogP contribution in [-0.2, 0) is 0 Å². The fourth-order valence-electron chi connectivity index (χ4n) is 1.90. The van der Waals surface area contributed by atoms with Crippen LogP contribution in [0.15, 0.2) is 24.3 Å². The third-order valence-corrected chi connectivity index (χ3v) is 2.86. The number of hydrogen-bond donors (Lipinski definition) is 1. The van der Waals surface area contributed by atoms with Crippen molar-refractivity contribution in [2.75, 3.05) is 25.5 Å². The maximum absolute atomic E-state index is 13.0. The standard InChI is InChI=1S/C12H14F2N2O/c1-15-10-4-2-3-9(7-10)11(17)16-6-5-12(13,14)8-16/h2-4,7,15H,5-6,8H2,1H3. The Kier molecular flexibility index (Phi) is 3.00. The smallest absolute Gasteiger partial charge is 0.267 e. The van der Waals surface area contributed by atoms with Crippen LogP contribution in [0.25, 0.3) is 0 Å². The molecule has 1 heterocycles. The van der Waals surface area contributed by atoms with Crippen molar-refractivity contribution in [3.63, 3.8) is 0 Å². The quantitative estimate of drug-likeness (QED) is 0.859. The number of benzene rings is 1. The average Bonchev–Trinajstić information content (AvgIpc) is 2.69. The summed E-state index contributed by atoms with van der Waals surface area (Å²) in [7, 11) is 1.74. The molecule has 2 rings (SSSR count). The van der Waals surface area contributed by atoms with Crippen molar-refractivity contribution < 1.29 is 13.6 Å². The first-order valence-corrected chi connectivity index (χ1v) is 5.47. The van der Waals surface area contributed by atoms with Gasteiger partial charge in [0.25, 0.3) is 11.8 Å². The number of amides is 1. The number of hydrogen-bond acceptors (Lipinski definition) is 2. The maximum Gasteiger partial charge on any atom is 0.267 e. The zero-order valence-corrected chi connectivity index (χ0v) is 9.54. The van der Waals surface area contributed by atoms with Crippen LogP contribution in [0.2, 0.25) is 0 Å². The van der Waals surface area contributed by atoms with Crippen molar-refractivity contribution in [1.82, 2.24) is 4.90 Å². The number of alkyl halides is 2. The monoisotopic (exact) mass is 240 g/mol. The van der Waals surface area contributed by atoms with Gasteiger partial charge in [-0.2, -0.15) is 0 Å². The lowest BCUT2D eigenvalue weighted by atomic mass is 10.2. The van der Waals surface area contributed by atoms with Crippen molar-refractivity contribution in [3.05, 3.63) is 29.8 Å². The summed E-state index contributed by atoms with van der Waals surface area (Å²) in [5.74, 6) is -3.07. The Labute approximate surface area is 98.4 Å². The highest BCUT2D eigenvalue weighted by Gasteiger charge is 2.40. The summed E-state index contributed by atoms with van der Waals surface area (Å²) in [5.41, 5.74) is 1.23. The van der Waals surface area contributed by atoms with E-state index in [4.69, 9.17) is 0 Å². The molecular weight excluding hydrogens is 226 g/mol. The van der Waals surface area contributed by atoms with E-state index < -0.39 is 12.5 Å². The van der Waals surface area contributed by atoms with Gasteiger partial charge in [-0.25, -0.2) is 8.78 Å². The van der Waals surface area contributed by atoms with Gasteiger partial charge in [0.1, 0.15) is 0 Å². The molecule has 0 bridgehead atoms. The molecule has 0 atom stereocenters. The predicted octanol–water partition coefficient (Wildman–Crippen LogP) is 2.21. The first-order chi connectivity index (χ1) is 8.02. The third kappa shape index (κ3) is 2.54. The topological polar surface area (TPSA) is 32.3 Å². The lowest BCUT2D eigenvalue weighted by Crippen LogP contribution is -2.31. The molecule has 1 aromatic carbocycles. The van der Waals surface area contributed by atoms with Crippen LogP contribution in [-0.4, -0.2) is 36.9 Å². The number of carbonyl (C=O) groups excluding carboxylic acids is 1. The Bertz CT molecular complexity index is 434. The van der Waals surface area contributed by atoms with Crippen LogP contribution in [0.1, 0.15) is 16.8 Å². The van der Waals surface area contributed by atoms with E-state index in [9.17, 15) is 13.6 Å². The second-order valence-corrected chi connectivity index (χ2v) is 4.16. The molecule has 0 aliphatic carbocycles. The number of carbonyl (C=O) groups is 1. The molecule has 1 aliphatic rings. The molecule has 0 radical (unpaired) electrons. The molecule has 5 heteroatoms. The predicted molar refractivity (Wildman–Crippen MR) is 61.5 cm³/mol. The summed E-state index contributed by atoms with van der Waals surface area (Å²) in [6.07, 6.45) is -0.246. The molecule has 1 N–H and O–H groups in total. The first kappa shape index (κ1) is 11.8. The zero-order valence-electron chi connectivity index (χ0n) is 9.54. The van der Waals surface area contributed by atoms with Crippen LogP contribution in [0.4, 0.5) is 14.5 Å². The van der Waals surface area contributed by atoms with Crippen LogP contribution in [0.5, 0.6) is 0 Å². The molecule has 0 aromatic heterocycles. The van der Waals surface area contributed by atoms with Gasteiger partial charge in [0.05, 0.1) is 6.54 Å². The molecule has 0 unspecified atom stereocenters. The van der Waals surface area contributed by atoms with E-state index >= 15 is 0 Å². The molecule has 1 fully saturated rings. The van der Waals surface area contributed by atoms with E-state index in [0.717, 1.165) is 5.69 Å². The molecule has 1 saturated heterocycles. The van der Waals surface area contributed by atoms with Gasteiger partial charge >= 0.3 is 0 Å². The van der Waals surface area contributed by atoms with Gasteiger partial charge in [-0.3, -0.25) is 4.79 Å². The molecule has 17 heavy (non-hydrogen) atoms. The number of nitrogens with one attached hydrogen (secondary N) is 1. The molecule has 1 aromatic rings. The number of halogens is 2. The Morgan fingerprint density at radius 1 is 1.47 bits per heavy atom. The maximum atomic E-state index is 13.0. The van der Waals surface area contributed by atoms with Crippen molar-refractivity contribution in [1.29, 1.82) is 0 Å². The highest BCUT2D eigenvalue weighted by Crippen LogP contribution is 2.28. The summed E-state index contributed by atoms with van der Waals surface area (Å²) < 4.78 is 26.0. The molecule has 0 spiro atoms. The second kappa shape index (κ2) is 4.31. The number of nitrogens with zero attached hydrogens (tertiary/aromatic N) is 1. The summed E-state index contributed by atoms with van der Waals surface area (Å²) in [6.45, 7) is -0.356. The normalized spacial score (nSPS) is 18.2. The SMILES string of the molecule is CNc1cccc(C(=O)N2CCC(F)(F)C2)c1. The highest BCUT2D eigenvalue weighted by atomic mass is 19.3. The van der Waals surface area contributed by atoms with E-state index in [1.807, 2.05) is 6.07 Å². The Morgan fingerprint density at radius 2 is 2.24 bits per heavy atom. The van der Waals surface area contributed by atoms with Gasteiger partial charge in [0.15, 0.2) is 0 Å². The van der Waals surface area contributed by atoms with Crippen molar-refractivity contribution >= 4 is 11.6 Å². The minimum absolute atomic E-state index is 0.121. The first-order valence-electron chi connectivity index (χ1n) is 5.47. The number of rotatable bonds is 2. The Morgan fingerprint density at radius 3 is 2.82 bits per heavy atom. The lowest BCUT2D eigenvalue weighted by molar-refractivity contribution is 0.0120. The van der Waals surface area contributed by atoms with Crippen molar-refractivity contribution in [2.24, 2.45) is 0 Å². The molecule has 1 aliphatic heterocycles. The van der Waals surface area contributed by atoms with E-state index in [1.165, 1.54) is 4.90 Å². The summed E-state index contributed by atoms with van der Waals surface area (Å²) in [6, 6.07) is 6.85. The summed E-state index contributed by atoms with van der Waals surface area (Å²) in [4.78, 5) is 13.2. The minimum atomic E-state index is -2.74. The summed E-state index contributed by atoms with van der Waals surface area (Å²) in [5, 5.41) is 2.91. The Hall–Kier alpha value is -1.65. The molecular formula is C12H14F2N2O. The van der Waals surface area contributed by atoms with E-state index in [1.54, 1.807) is 25.2 Å². The minimum Gasteiger partial charge on any atom is -0.388 e. The van der Waals surface area contributed by atoms with Crippen LogP contribution in [0, 0.1) is 0 Å².